The number of nitrogens with zero attached hydrogens (tertiary/aromatic N) is 2. The van der Waals surface area contributed by atoms with Gasteiger partial charge in [0.05, 0.1) is 6.54 Å². The van der Waals surface area contributed by atoms with Crippen molar-refractivity contribution in [3.63, 3.8) is 0 Å². The topological polar surface area (TPSA) is 96.7 Å². The Labute approximate surface area is 152 Å². The Morgan fingerprint density at radius 1 is 1.15 bits per heavy atom. The number of aromatic nitrogens is 3. The lowest BCUT2D eigenvalue weighted by atomic mass is 10.0. The number of aryl methyl sites for hydroxylation is 3. The molecular formula is C20H23N5O. The lowest BCUT2D eigenvalue weighted by Gasteiger charge is -2.08. The Hall–Kier alpha value is -2.99. The van der Waals surface area contributed by atoms with E-state index in [9.17, 15) is 4.79 Å². The zero-order chi connectivity index (χ0) is 18.5. The molecule has 3 aromatic rings. The average molecular weight is 349 g/mol. The summed E-state index contributed by atoms with van der Waals surface area (Å²) < 4.78 is 0. The number of aromatic amines is 1. The molecule has 0 spiro atoms. The summed E-state index contributed by atoms with van der Waals surface area (Å²) in [6.07, 6.45) is 1.18. The van der Waals surface area contributed by atoms with Crippen molar-refractivity contribution >= 4 is 11.6 Å². The van der Waals surface area contributed by atoms with Crippen molar-refractivity contribution in [2.45, 2.75) is 33.2 Å². The molecule has 0 aliphatic carbocycles. The molecule has 3 rings (SSSR count). The minimum absolute atomic E-state index is 0.000961. The Kier molecular flexibility index (Phi) is 5.43. The number of rotatable bonds is 6. The highest BCUT2D eigenvalue weighted by Gasteiger charge is 2.07. The lowest BCUT2D eigenvalue weighted by Crippen LogP contribution is -2.12. The van der Waals surface area contributed by atoms with Crippen molar-refractivity contribution in [3.8, 4) is 11.4 Å². The van der Waals surface area contributed by atoms with Gasteiger partial charge in [0.2, 0.25) is 5.91 Å². The number of amides is 1. The first kappa shape index (κ1) is 17.8. The molecule has 6 nitrogen and oxygen atoms in total. The molecule has 6 heteroatoms. The van der Waals surface area contributed by atoms with Crippen molar-refractivity contribution in [1.82, 2.24) is 15.2 Å². The van der Waals surface area contributed by atoms with Gasteiger partial charge in [0.25, 0.3) is 0 Å². The number of H-pyrrole nitrogens is 1. The van der Waals surface area contributed by atoms with Gasteiger partial charge in [-0.25, -0.2) is 4.98 Å². The molecule has 4 N–H and O–H groups in total. The van der Waals surface area contributed by atoms with E-state index < -0.39 is 0 Å². The van der Waals surface area contributed by atoms with Gasteiger partial charge in [-0.2, -0.15) is 5.10 Å². The van der Waals surface area contributed by atoms with E-state index in [0.717, 1.165) is 17.7 Å². The van der Waals surface area contributed by atoms with Gasteiger partial charge in [-0.3, -0.25) is 9.89 Å². The van der Waals surface area contributed by atoms with E-state index in [2.05, 4.69) is 52.5 Å². The van der Waals surface area contributed by atoms with Crippen LogP contribution in [0.1, 0.15) is 28.9 Å². The zero-order valence-corrected chi connectivity index (χ0v) is 15.0. The summed E-state index contributed by atoms with van der Waals surface area (Å²) in [5.74, 6) is 1.24. The highest BCUT2D eigenvalue weighted by Crippen LogP contribution is 2.18. The smallest absolute Gasteiger partial charge is 0.224 e. The molecule has 2 aromatic carbocycles. The Morgan fingerprint density at radius 2 is 1.92 bits per heavy atom. The summed E-state index contributed by atoms with van der Waals surface area (Å²) in [5, 5.41) is 9.84. The number of hydrogen-bond acceptors (Lipinski definition) is 4. The van der Waals surface area contributed by atoms with Crippen LogP contribution in [0.4, 0.5) is 5.69 Å². The minimum Gasteiger partial charge on any atom is -0.326 e. The molecule has 0 radical (unpaired) electrons. The third kappa shape index (κ3) is 4.34. The molecule has 0 aliphatic rings. The monoisotopic (exact) mass is 349 g/mol. The van der Waals surface area contributed by atoms with Crippen LogP contribution in [0.3, 0.4) is 0 Å². The first-order valence-corrected chi connectivity index (χ1v) is 8.63. The third-order valence-corrected chi connectivity index (χ3v) is 4.27. The molecule has 1 heterocycles. The van der Waals surface area contributed by atoms with Crippen molar-refractivity contribution in [2.24, 2.45) is 5.73 Å². The number of nitrogens with two attached hydrogens (primary N) is 1. The number of carbonyl (C=O) groups is 1. The molecule has 1 aromatic heterocycles. The van der Waals surface area contributed by atoms with Crippen molar-refractivity contribution in [1.29, 1.82) is 0 Å². The second kappa shape index (κ2) is 7.93. The minimum atomic E-state index is 0.000961. The molecule has 0 saturated heterocycles. The molecule has 26 heavy (non-hydrogen) atoms. The zero-order valence-electron chi connectivity index (χ0n) is 15.0. The SMILES string of the molecule is Cc1ccc(CCC(=O)Nc2ccc(-c3n[nH]c(CN)n3)cc2)c(C)c1. The number of anilines is 1. The third-order valence-electron chi connectivity index (χ3n) is 4.27. The standard InChI is InChI=1S/C20H23N5O/c1-13-3-4-15(14(2)11-13)7-10-19(26)22-17-8-5-16(6-9-17)20-23-18(12-21)24-25-20/h3-6,8-9,11H,7,10,12,21H2,1-2H3,(H,22,26)(H,23,24,25). The average Bonchev–Trinajstić information content (AvgIpc) is 3.11. The Balaban J connectivity index is 1.57. The van der Waals surface area contributed by atoms with Gasteiger partial charge in [0.1, 0.15) is 5.82 Å². The van der Waals surface area contributed by atoms with Gasteiger partial charge < -0.3 is 11.1 Å². The number of hydrogen-bond donors (Lipinski definition) is 3. The predicted molar refractivity (Wildman–Crippen MR) is 103 cm³/mol. The van der Waals surface area contributed by atoms with Gasteiger partial charge in [-0.15, -0.1) is 0 Å². The molecule has 0 bridgehead atoms. The molecule has 0 saturated carbocycles. The van der Waals surface area contributed by atoms with Gasteiger partial charge in [-0.05, 0) is 55.7 Å². The maximum Gasteiger partial charge on any atom is 0.224 e. The van der Waals surface area contributed by atoms with Gasteiger partial charge in [0.15, 0.2) is 5.82 Å². The first-order valence-electron chi connectivity index (χ1n) is 8.63. The van der Waals surface area contributed by atoms with Crippen molar-refractivity contribution in [3.05, 3.63) is 65.0 Å². The first-order chi connectivity index (χ1) is 12.5. The Bertz CT molecular complexity index is 899. The van der Waals surface area contributed by atoms with Gasteiger partial charge in [-0.1, -0.05) is 23.8 Å². The van der Waals surface area contributed by atoms with Crippen LogP contribution >= 0.6 is 0 Å². The largest absolute Gasteiger partial charge is 0.326 e. The van der Waals surface area contributed by atoms with Crippen LogP contribution in [0, 0.1) is 13.8 Å². The summed E-state index contributed by atoms with van der Waals surface area (Å²) in [6.45, 7) is 4.47. The van der Waals surface area contributed by atoms with E-state index in [-0.39, 0.29) is 5.91 Å². The lowest BCUT2D eigenvalue weighted by molar-refractivity contribution is -0.116. The molecular weight excluding hydrogens is 326 g/mol. The number of carbonyl (C=O) groups excluding carboxylic acids is 1. The van der Waals surface area contributed by atoms with Crippen molar-refractivity contribution < 1.29 is 4.79 Å². The second-order valence-electron chi connectivity index (χ2n) is 6.37. The summed E-state index contributed by atoms with van der Waals surface area (Å²) in [6, 6.07) is 13.8. The fourth-order valence-electron chi connectivity index (χ4n) is 2.82. The fraction of sp³-hybridized carbons (Fsp3) is 0.250. The fourth-order valence-corrected chi connectivity index (χ4v) is 2.82. The summed E-state index contributed by atoms with van der Waals surface area (Å²) >= 11 is 0. The van der Waals surface area contributed by atoms with Crippen LogP contribution in [-0.2, 0) is 17.8 Å². The number of benzene rings is 2. The molecule has 0 unspecified atom stereocenters. The van der Waals surface area contributed by atoms with Crippen LogP contribution < -0.4 is 11.1 Å². The molecule has 1 amide bonds. The molecule has 0 atom stereocenters. The maximum atomic E-state index is 12.2. The quantitative estimate of drug-likeness (QED) is 0.637. The highest BCUT2D eigenvalue weighted by molar-refractivity contribution is 5.91. The van der Waals surface area contributed by atoms with E-state index in [1.807, 2.05) is 24.3 Å². The van der Waals surface area contributed by atoms with Crippen molar-refractivity contribution in [2.75, 3.05) is 5.32 Å². The van der Waals surface area contributed by atoms with Crippen LogP contribution in [-0.4, -0.2) is 21.1 Å². The summed E-state index contributed by atoms with van der Waals surface area (Å²) in [5.41, 5.74) is 10.8. The van der Waals surface area contributed by atoms with E-state index >= 15 is 0 Å². The number of nitrogens with one attached hydrogen (secondary N) is 2. The van der Waals surface area contributed by atoms with Crippen LogP contribution in [0.15, 0.2) is 42.5 Å². The van der Waals surface area contributed by atoms with E-state index in [1.165, 1.54) is 16.7 Å². The highest BCUT2D eigenvalue weighted by atomic mass is 16.1. The predicted octanol–water partition coefficient (Wildman–Crippen LogP) is 3.12. The van der Waals surface area contributed by atoms with Gasteiger partial charge >= 0.3 is 0 Å². The van der Waals surface area contributed by atoms with Crippen LogP contribution in [0.25, 0.3) is 11.4 Å². The van der Waals surface area contributed by atoms with Gasteiger partial charge in [0, 0.05) is 17.7 Å². The van der Waals surface area contributed by atoms with E-state index in [0.29, 0.717) is 24.6 Å². The molecule has 0 aliphatic heterocycles. The summed E-state index contributed by atoms with van der Waals surface area (Å²) in [4.78, 5) is 16.5. The normalized spacial score (nSPS) is 10.7. The summed E-state index contributed by atoms with van der Waals surface area (Å²) in [7, 11) is 0. The molecule has 134 valence electrons. The Morgan fingerprint density at radius 3 is 2.58 bits per heavy atom. The van der Waals surface area contributed by atoms with E-state index in [1.54, 1.807) is 0 Å². The molecule has 0 fully saturated rings. The van der Waals surface area contributed by atoms with Crippen LogP contribution in [0.5, 0.6) is 0 Å². The van der Waals surface area contributed by atoms with Crippen LogP contribution in [0.2, 0.25) is 0 Å². The van der Waals surface area contributed by atoms with E-state index in [4.69, 9.17) is 5.73 Å². The maximum absolute atomic E-state index is 12.2. The second-order valence-corrected chi connectivity index (χ2v) is 6.37.